The van der Waals surface area contributed by atoms with Gasteiger partial charge in [-0.15, -0.1) is 0 Å². The Kier molecular flexibility index (Phi) is 7.87. The Morgan fingerprint density at radius 3 is 2.43 bits per heavy atom. The molecule has 2 fully saturated rings. The van der Waals surface area contributed by atoms with Crippen molar-refractivity contribution in [2.75, 3.05) is 33.3 Å². The molecule has 4 rings (SSSR count). The molecule has 0 saturated carbocycles. The number of nitrogens with two attached hydrogens (primary N) is 1. The Hall–Kier alpha value is -3.39. The second kappa shape index (κ2) is 10.9. The highest BCUT2D eigenvalue weighted by Gasteiger charge is 2.55. The summed E-state index contributed by atoms with van der Waals surface area (Å²) in [6.07, 6.45) is 1.73. The van der Waals surface area contributed by atoms with Crippen LogP contribution in [-0.4, -0.2) is 72.4 Å². The Morgan fingerprint density at radius 1 is 1.14 bits per heavy atom. The molecule has 0 aliphatic carbocycles. The number of ether oxygens (including phenoxy) is 1. The van der Waals surface area contributed by atoms with Crippen LogP contribution in [0.3, 0.4) is 0 Å². The summed E-state index contributed by atoms with van der Waals surface area (Å²) in [5.41, 5.74) is 5.32. The largest absolute Gasteiger partial charge is 0.494 e. The maximum absolute atomic E-state index is 13.9. The standard InChI is InChI=1S/C29H38N4O4/c1-28(2,30)26(35)31-24(15-18-37-22-13-8-5-9-14-22)25(34)33-17-10-16-29(20-33)23(19-32(3)27(29)36)21-11-6-4-7-12-21/h4-9,11-14,23-24H,10,15-20,30H2,1-3H3,(H,31,35). The molecule has 2 aromatic carbocycles. The second-order valence-corrected chi connectivity index (χ2v) is 10.9. The first kappa shape index (κ1) is 26.7. The number of carbonyl (C=O) groups is 3. The minimum absolute atomic E-state index is 0.000713. The first-order valence-corrected chi connectivity index (χ1v) is 13.0. The molecular formula is C29H38N4O4. The summed E-state index contributed by atoms with van der Waals surface area (Å²) < 4.78 is 5.83. The van der Waals surface area contributed by atoms with E-state index in [1.807, 2.05) is 55.6 Å². The van der Waals surface area contributed by atoms with E-state index in [-0.39, 0.29) is 30.8 Å². The summed E-state index contributed by atoms with van der Waals surface area (Å²) >= 11 is 0. The molecule has 0 radical (unpaired) electrons. The molecule has 0 bridgehead atoms. The third kappa shape index (κ3) is 5.80. The molecule has 198 valence electrons. The van der Waals surface area contributed by atoms with Crippen molar-refractivity contribution in [1.82, 2.24) is 15.1 Å². The van der Waals surface area contributed by atoms with E-state index in [9.17, 15) is 14.4 Å². The van der Waals surface area contributed by atoms with E-state index < -0.39 is 22.9 Å². The van der Waals surface area contributed by atoms with Gasteiger partial charge in [-0.1, -0.05) is 48.5 Å². The monoisotopic (exact) mass is 506 g/mol. The highest BCUT2D eigenvalue weighted by Crippen LogP contribution is 2.49. The molecule has 3 amide bonds. The predicted molar refractivity (Wildman–Crippen MR) is 142 cm³/mol. The zero-order valence-corrected chi connectivity index (χ0v) is 22.0. The number of nitrogens with zero attached hydrogens (tertiary/aromatic N) is 2. The number of para-hydroxylation sites is 1. The van der Waals surface area contributed by atoms with E-state index >= 15 is 0 Å². The predicted octanol–water partition coefficient (Wildman–Crippen LogP) is 2.54. The van der Waals surface area contributed by atoms with Gasteiger partial charge in [0, 0.05) is 39.0 Å². The third-order valence-corrected chi connectivity index (χ3v) is 7.54. The Labute approximate surface area is 219 Å². The summed E-state index contributed by atoms with van der Waals surface area (Å²) in [7, 11) is 1.83. The molecule has 2 aliphatic rings. The lowest BCUT2D eigenvalue weighted by Crippen LogP contribution is -2.59. The number of piperidine rings is 1. The molecular weight excluding hydrogens is 468 g/mol. The summed E-state index contributed by atoms with van der Waals surface area (Å²) in [6.45, 7) is 4.95. The zero-order valence-electron chi connectivity index (χ0n) is 22.0. The molecule has 0 aromatic heterocycles. The van der Waals surface area contributed by atoms with Crippen LogP contribution in [0.25, 0.3) is 0 Å². The minimum atomic E-state index is -1.13. The molecule has 2 aliphatic heterocycles. The lowest BCUT2D eigenvalue weighted by atomic mass is 9.69. The number of carbonyl (C=O) groups excluding carboxylic acids is 3. The van der Waals surface area contributed by atoms with Gasteiger partial charge in [0.1, 0.15) is 11.8 Å². The summed E-state index contributed by atoms with van der Waals surface area (Å²) in [5, 5.41) is 2.85. The summed E-state index contributed by atoms with van der Waals surface area (Å²) in [5.74, 6) is 0.161. The van der Waals surface area contributed by atoms with Crippen LogP contribution in [0.2, 0.25) is 0 Å². The summed E-state index contributed by atoms with van der Waals surface area (Å²) in [6, 6.07) is 18.6. The van der Waals surface area contributed by atoms with Crippen molar-refractivity contribution in [3.05, 3.63) is 66.2 Å². The van der Waals surface area contributed by atoms with E-state index in [2.05, 4.69) is 17.4 Å². The number of hydrogen-bond acceptors (Lipinski definition) is 5. The van der Waals surface area contributed by atoms with Gasteiger partial charge in [-0.2, -0.15) is 0 Å². The molecule has 3 atom stereocenters. The van der Waals surface area contributed by atoms with Crippen LogP contribution in [0.1, 0.15) is 44.6 Å². The van der Waals surface area contributed by atoms with Crippen molar-refractivity contribution < 1.29 is 19.1 Å². The molecule has 8 nitrogen and oxygen atoms in total. The van der Waals surface area contributed by atoms with Gasteiger partial charge in [0.05, 0.1) is 17.6 Å². The number of likely N-dealkylation sites (N-methyl/N-ethyl adjacent to an activating group) is 1. The number of nitrogens with one attached hydrogen (secondary N) is 1. The van der Waals surface area contributed by atoms with Gasteiger partial charge in [-0.25, -0.2) is 0 Å². The van der Waals surface area contributed by atoms with Gasteiger partial charge in [0.2, 0.25) is 17.7 Å². The second-order valence-electron chi connectivity index (χ2n) is 10.9. The topological polar surface area (TPSA) is 105 Å². The lowest BCUT2D eigenvalue weighted by Gasteiger charge is -2.43. The average Bonchev–Trinajstić information content (AvgIpc) is 3.13. The highest BCUT2D eigenvalue weighted by atomic mass is 16.5. The Balaban J connectivity index is 1.54. The van der Waals surface area contributed by atoms with Crippen LogP contribution in [0.4, 0.5) is 0 Å². The van der Waals surface area contributed by atoms with Gasteiger partial charge in [-0.05, 0) is 44.4 Å². The lowest BCUT2D eigenvalue weighted by molar-refractivity contribution is -0.146. The fourth-order valence-corrected chi connectivity index (χ4v) is 5.53. The fraction of sp³-hybridized carbons (Fsp3) is 0.483. The van der Waals surface area contributed by atoms with Gasteiger partial charge >= 0.3 is 0 Å². The first-order valence-electron chi connectivity index (χ1n) is 13.0. The summed E-state index contributed by atoms with van der Waals surface area (Å²) in [4.78, 5) is 43.7. The average molecular weight is 507 g/mol. The quantitative estimate of drug-likeness (QED) is 0.573. The van der Waals surface area contributed by atoms with Crippen molar-refractivity contribution in [3.63, 3.8) is 0 Å². The van der Waals surface area contributed by atoms with Crippen molar-refractivity contribution in [2.24, 2.45) is 11.1 Å². The number of benzene rings is 2. The third-order valence-electron chi connectivity index (χ3n) is 7.54. The van der Waals surface area contributed by atoms with Gasteiger partial charge in [-0.3, -0.25) is 14.4 Å². The highest BCUT2D eigenvalue weighted by molar-refractivity contribution is 5.92. The Bertz CT molecular complexity index is 1100. The van der Waals surface area contributed by atoms with Crippen LogP contribution in [0.15, 0.2) is 60.7 Å². The number of amides is 3. The molecule has 8 heteroatoms. The van der Waals surface area contributed by atoms with Crippen molar-refractivity contribution >= 4 is 17.7 Å². The molecule has 2 heterocycles. The number of rotatable bonds is 8. The molecule has 3 N–H and O–H groups in total. The van der Waals surface area contributed by atoms with Crippen LogP contribution in [0.5, 0.6) is 5.75 Å². The molecule has 1 spiro atoms. The van der Waals surface area contributed by atoms with Crippen molar-refractivity contribution in [2.45, 2.75) is 50.6 Å². The van der Waals surface area contributed by atoms with Crippen LogP contribution >= 0.6 is 0 Å². The van der Waals surface area contributed by atoms with Gasteiger partial charge < -0.3 is 25.6 Å². The van der Waals surface area contributed by atoms with Crippen molar-refractivity contribution in [1.29, 1.82) is 0 Å². The van der Waals surface area contributed by atoms with Crippen LogP contribution < -0.4 is 15.8 Å². The van der Waals surface area contributed by atoms with E-state index in [0.29, 0.717) is 25.4 Å². The van der Waals surface area contributed by atoms with Crippen LogP contribution in [-0.2, 0) is 14.4 Å². The number of hydrogen-bond donors (Lipinski definition) is 2. The first-order chi connectivity index (χ1) is 17.6. The van der Waals surface area contributed by atoms with Crippen molar-refractivity contribution in [3.8, 4) is 5.75 Å². The van der Waals surface area contributed by atoms with Crippen LogP contribution in [0, 0.1) is 5.41 Å². The minimum Gasteiger partial charge on any atom is -0.494 e. The fourth-order valence-electron chi connectivity index (χ4n) is 5.53. The molecule has 2 aromatic rings. The van der Waals surface area contributed by atoms with Gasteiger partial charge in [0.25, 0.3) is 0 Å². The van der Waals surface area contributed by atoms with E-state index in [1.165, 1.54) is 0 Å². The maximum Gasteiger partial charge on any atom is 0.245 e. The number of likely N-dealkylation sites (tertiary alicyclic amines) is 2. The molecule has 37 heavy (non-hydrogen) atoms. The van der Waals surface area contributed by atoms with E-state index in [4.69, 9.17) is 10.5 Å². The molecule has 2 saturated heterocycles. The van der Waals surface area contributed by atoms with Gasteiger partial charge in [0.15, 0.2) is 0 Å². The molecule has 3 unspecified atom stereocenters. The SMILES string of the molecule is CN1CC(c2ccccc2)C2(CCCN(C(=O)C(CCOc3ccccc3)NC(=O)C(C)(C)N)C2)C1=O. The smallest absolute Gasteiger partial charge is 0.245 e. The maximum atomic E-state index is 13.9. The van der Waals surface area contributed by atoms with E-state index in [1.54, 1.807) is 23.6 Å². The van der Waals surface area contributed by atoms with E-state index in [0.717, 1.165) is 18.4 Å². The normalized spacial score (nSPS) is 22.7. The Morgan fingerprint density at radius 2 is 1.78 bits per heavy atom. The zero-order chi connectivity index (χ0) is 26.6.